The Kier molecular flexibility index (Phi) is 4.36. The quantitative estimate of drug-likeness (QED) is 0.748. The number of hydrogen-bond donors (Lipinski definition) is 1. The molecule has 8 nitrogen and oxygen atoms in total. The van der Waals surface area contributed by atoms with E-state index in [1.54, 1.807) is 9.80 Å². The minimum Gasteiger partial charge on any atom is -0.493 e. The SMILES string of the molecule is C[C@H]1[C@@H]2[C@H](CCN1C(=O)OC(C)(C)C)NC(=O)N2c1nc2c3c(ccc2s1)OCC3. The van der Waals surface area contributed by atoms with Gasteiger partial charge >= 0.3 is 12.1 Å². The fourth-order valence-electron chi connectivity index (χ4n) is 4.64. The lowest BCUT2D eigenvalue weighted by Crippen LogP contribution is -2.59. The number of nitrogens with zero attached hydrogens (tertiary/aromatic N) is 3. The highest BCUT2D eigenvalue weighted by atomic mass is 32.1. The summed E-state index contributed by atoms with van der Waals surface area (Å²) in [4.78, 5) is 34.0. The Morgan fingerprint density at radius 2 is 2.17 bits per heavy atom. The minimum atomic E-state index is -0.563. The second-order valence-corrected chi connectivity index (χ2v) is 10.1. The average Bonchev–Trinajstić information content (AvgIpc) is 3.34. The normalized spacial score (nSPS) is 25.7. The Bertz CT molecular complexity index is 1030. The van der Waals surface area contributed by atoms with Gasteiger partial charge in [-0.15, -0.1) is 0 Å². The van der Waals surface area contributed by atoms with Crippen molar-refractivity contribution in [2.45, 2.75) is 64.3 Å². The molecule has 0 aliphatic carbocycles. The largest absolute Gasteiger partial charge is 0.493 e. The molecule has 3 atom stereocenters. The van der Waals surface area contributed by atoms with Gasteiger partial charge in [-0.2, -0.15) is 0 Å². The van der Waals surface area contributed by atoms with Crippen molar-refractivity contribution < 1.29 is 19.1 Å². The first kappa shape index (κ1) is 19.4. The van der Waals surface area contributed by atoms with Crippen molar-refractivity contribution in [3.8, 4) is 5.75 Å². The van der Waals surface area contributed by atoms with Crippen molar-refractivity contribution >= 4 is 38.8 Å². The number of ether oxygens (including phenoxy) is 2. The van der Waals surface area contributed by atoms with E-state index in [0.29, 0.717) is 24.7 Å². The Balaban J connectivity index is 1.48. The summed E-state index contributed by atoms with van der Waals surface area (Å²) in [6, 6.07) is 3.42. The maximum absolute atomic E-state index is 12.9. The summed E-state index contributed by atoms with van der Waals surface area (Å²) in [6.45, 7) is 8.77. The first-order valence-electron chi connectivity index (χ1n) is 10.4. The standard InChI is InChI=1S/C21H26N4O4S/c1-11-17-13(7-9-24(11)20(27)29-21(2,3)4)22-18(26)25(17)19-23-16-12-8-10-28-14(12)5-6-15(16)30-19/h5-6,11,13,17H,7-10H2,1-4H3,(H,22,26)/t11-,13-,17+/m0/s1. The minimum absolute atomic E-state index is 0.0211. The lowest BCUT2D eigenvalue weighted by Gasteiger charge is -2.42. The molecule has 2 fully saturated rings. The van der Waals surface area contributed by atoms with Gasteiger partial charge in [-0.25, -0.2) is 14.6 Å². The number of aromatic nitrogens is 1. The van der Waals surface area contributed by atoms with E-state index < -0.39 is 5.60 Å². The molecule has 5 rings (SSSR count). The van der Waals surface area contributed by atoms with E-state index in [9.17, 15) is 9.59 Å². The number of carbonyl (C=O) groups is 2. The highest BCUT2D eigenvalue weighted by Crippen LogP contribution is 2.40. The molecule has 2 saturated heterocycles. The van der Waals surface area contributed by atoms with Gasteiger partial charge in [-0.1, -0.05) is 11.3 Å². The molecule has 0 spiro atoms. The van der Waals surface area contributed by atoms with E-state index in [-0.39, 0.29) is 30.2 Å². The van der Waals surface area contributed by atoms with Gasteiger partial charge in [0.25, 0.3) is 0 Å². The number of benzene rings is 1. The molecular weight excluding hydrogens is 404 g/mol. The zero-order valence-corrected chi connectivity index (χ0v) is 18.4. The van der Waals surface area contributed by atoms with Gasteiger partial charge in [0.1, 0.15) is 11.4 Å². The Morgan fingerprint density at radius 3 is 2.93 bits per heavy atom. The summed E-state index contributed by atoms with van der Waals surface area (Å²) in [7, 11) is 0. The van der Waals surface area contributed by atoms with Crippen LogP contribution in [0.15, 0.2) is 12.1 Å². The van der Waals surface area contributed by atoms with E-state index in [4.69, 9.17) is 14.5 Å². The summed E-state index contributed by atoms with van der Waals surface area (Å²) >= 11 is 1.51. The van der Waals surface area contributed by atoms with Gasteiger partial charge in [0.05, 0.1) is 34.9 Å². The lowest BCUT2D eigenvalue weighted by atomic mass is 9.93. The van der Waals surface area contributed by atoms with Crippen molar-refractivity contribution in [3.63, 3.8) is 0 Å². The van der Waals surface area contributed by atoms with E-state index in [1.165, 1.54) is 11.3 Å². The average molecular weight is 431 g/mol. The number of nitrogens with one attached hydrogen (secondary N) is 1. The van der Waals surface area contributed by atoms with E-state index in [0.717, 1.165) is 28.0 Å². The zero-order valence-electron chi connectivity index (χ0n) is 17.6. The predicted octanol–water partition coefficient (Wildman–Crippen LogP) is 3.53. The van der Waals surface area contributed by atoms with E-state index >= 15 is 0 Å². The first-order chi connectivity index (χ1) is 14.2. The molecule has 3 aliphatic heterocycles. The number of thiazole rings is 1. The second-order valence-electron chi connectivity index (χ2n) is 9.10. The van der Waals surface area contributed by atoms with Crippen LogP contribution in [0.25, 0.3) is 10.2 Å². The van der Waals surface area contributed by atoms with Crippen LogP contribution < -0.4 is 15.0 Å². The number of fused-ring (bicyclic) bond motifs is 4. The van der Waals surface area contributed by atoms with Gasteiger partial charge in [0.15, 0.2) is 5.13 Å². The van der Waals surface area contributed by atoms with Gasteiger partial charge in [0.2, 0.25) is 0 Å². The smallest absolute Gasteiger partial charge is 0.410 e. The molecule has 9 heteroatoms. The molecule has 3 aliphatic rings. The van der Waals surface area contributed by atoms with Crippen LogP contribution in [-0.4, -0.2) is 58.9 Å². The second kappa shape index (κ2) is 6.73. The molecule has 2 aromatic rings. The van der Waals surface area contributed by atoms with Gasteiger partial charge in [-0.05, 0) is 46.2 Å². The predicted molar refractivity (Wildman–Crippen MR) is 114 cm³/mol. The molecule has 0 saturated carbocycles. The van der Waals surface area contributed by atoms with Crippen LogP contribution >= 0.6 is 11.3 Å². The number of rotatable bonds is 1. The number of hydrogen-bond acceptors (Lipinski definition) is 6. The number of urea groups is 1. The molecule has 0 unspecified atom stereocenters. The lowest BCUT2D eigenvalue weighted by molar-refractivity contribution is 0.00815. The highest BCUT2D eigenvalue weighted by Gasteiger charge is 2.50. The highest BCUT2D eigenvalue weighted by molar-refractivity contribution is 7.22. The molecule has 30 heavy (non-hydrogen) atoms. The summed E-state index contributed by atoms with van der Waals surface area (Å²) < 4.78 is 12.3. The number of amides is 3. The number of likely N-dealkylation sites (tertiary alicyclic amines) is 1. The fourth-order valence-corrected chi connectivity index (χ4v) is 5.68. The summed E-state index contributed by atoms with van der Waals surface area (Å²) in [5, 5.41) is 3.75. The zero-order chi connectivity index (χ0) is 21.2. The van der Waals surface area contributed by atoms with Crippen LogP contribution in [0.5, 0.6) is 5.75 Å². The van der Waals surface area contributed by atoms with E-state index in [2.05, 4.69) is 5.32 Å². The number of anilines is 1. The van der Waals surface area contributed by atoms with Crippen LogP contribution in [0.3, 0.4) is 0 Å². The van der Waals surface area contributed by atoms with Crippen LogP contribution in [0.2, 0.25) is 0 Å². The fraction of sp³-hybridized carbons (Fsp3) is 0.571. The van der Waals surface area contributed by atoms with Crippen molar-refractivity contribution in [2.24, 2.45) is 0 Å². The van der Waals surface area contributed by atoms with Crippen molar-refractivity contribution in [3.05, 3.63) is 17.7 Å². The molecule has 0 bridgehead atoms. The van der Waals surface area contributed by atoms with Crippen molar-refractivity contribution in [1.29, 1.82) is 0 Å². The molecule has 1 aromatic carbocycles. The van der Waals surface area contributed by atoms with Gasteiger partial charge in [-0.3, -0.25) is 4.90 Å². The molecule has 1 aromatic heterocycles. The number of piperidine rings is 1. The Hall–Kier alpha value is -2.55. The van der Waals surface area contributed by atoms with Crippen LogP contribution in [0.4, 0.5) is 14.7 Å². The van der Waals surface area contributed by atoms with Crippen LogP contribution in [0.1, 0.15) is 39.7 Å². The topological polar surface area (TPSA) is 84.0 Å². The Morgan fingerprint density at radius 1 is 1.37 bits per heavy atom. The third-order valence-corrected chi connectivity index (χ3v) is 6.98. The molecule has 160 valence electrons. The summed E-state index contributed by atoms with van der Waals surface area (Å²) in [5.41, 5.74) is 1.46. The Labute approximate surface area is 179 Å². The summed E-state index contributed by atoms with van der Waals surface area (Å²) in [5.74, 6) is 0.880. The maximum Gasteiger partial charge on any atom is 0.410 e. The molecule has 3 amide bonds. The van der Waals surface area contributed by atoms with Crippen molar-refractivity contribution in [2.75, 3.05) is 18.1 Å². The van der Waals surface area contributed by atoms with Crippen molar-refractivity contribution in [1.82, 2.24) is 15.2 Å². The third-order valence-electron chi connectivity index (χ3n) is 5.96. The number of carbonyl (C=O) groups excluding carboxylic acids is 2. The van der Waals surface area contributed by atoms with E-state index in [1.807, 2.05) is 39.8 Å². The van der Waals surface area contributed by atoms with Gasteiger partial charge in [0, 0.05) is 18.5 Å². The van der Waals surface area contributed by atoms with Crippen LogP contribution in [0, 0.1) is 0 Å². The first-order valence-corrected chi connectivity index (χ1v) is 11.2. The van der Waals surface area contributed by atoms with Crippen LogP contribution in [-0.2, 0) is 11.2 Å². The molecule has 4 heterocycles. The summed E-state index contributed by atoms with van der Waals surface area (Å²) in [6.07, 6.45) is 1.17. The third kappa shape index (κ3) is 3.07. The molecule has 0 radical (unpaired) electrons. The maximum atomic E-state index is 12.9. The molecule has 1 N–H and O–H groups in total. The van der Waals surface area contributed by atoms with Gasteiger partial charge < -0.3 is 19.7 Å². The molecular formula is C21H26N4O4S. The monoisotopic (exact) mass is 430 g/mol.